The van der Waals surface area contributed by atoms with Crippen molar-refractivity contribution in [1.82, 2.24) is 10.6 Å². The van der Waals surface area contributed by atoms with Crippen LogP contribution in [0.4, 0.5) is 0 Å². The molecule has 1 aromatic heterocycles. The summed E-state index contributed by atoms with van der Waals surface area (Å²) in [6.45, 7) is 5.02. The summed E-state index contributed by atoms with van der Waals surface area (Å²) in [5.74, 6) is 0.803. The molecule has 7 heteroatoms. The highest BCUT2D eigenvalue weighted by atomic mass is 127. The van der Waals surface area contributed by atoms with Gasteiger partial charge in [-0.15, -0.1) is 35.3 Å². The molecule has 110 valence electrons. The van der Waals surface area contributed by atoms with Crippen LogP contribution in [0.2, 0.25) is 4.34 Å². The largest absolute Gasteiger partial charge is 0.380 e. The van der Waals surface area contributed by atoms with Gasteiger partial charge in [-0.1, -0.05) is 11.6 Å². The van der Waals surface area contributed by atoms with E-state index >= 15 is 0 Å². The number of aliphatic imine (C=N–C) groups is 1. The lowest BCUT2D eigenvalue weighted by atomic mass is 10.3. The number of thiophene rings is 1. The molecule has 0 aromatic carbocycles. The van der Waals surface area contributed by atoms with Crippen molar-refractivity contribution in [2.75, 3.05) is 33.4 Å². The van der Waals surface area contributed by atoms with Crippen molar-refractivity contribution < 1.29 is 4.74 Å². The molecule has 0 fully saturated rings. The maximum Gasteiger partial charge on any atom is 0.191 e. The van der Waals surface area contributed by atoms with Crippen LogP contribution in [0.1, 0.15) is 11.8 Å². The number of halogens is 2. The van der Waals surface area contributed by atoms with E-state index in [9.17, 15) is 0 Å². The van der Waals surface area contributed by atoms with Gasteiger partial charge in [-0.3, -0.25) is 4.99 Å². The monoisotopic (exact) mass is 417 g/mol. The van der Waals surface area contributed by atoms with Gasteiger partial charge in [0.2, 0.25) is 0 Å². The number of guanidine groups is 1. The van der Waals surface area contributed by atoms with Crippen LogP contribution in [-0.4, -0.2) is 39.3 Å². The minimum absolute atomic E-state index is 0. The van der Waals surface area contributed by atoms with E-state index in [1.807, 2.05) is 13.0 Å². The second-order valence-corrected chi connectivity index (χ2v) is 5.38. The van der Waals surface area contributed by atoms with Gasteiger partial charge in [0.15, 0.2) is 5.96 Å². The van der Waals surface area contributed by atoms with Crippen LogP contribution in [0.15, 0.2) is 17.1 Å². The number of nitrogens with one attached hydrogen (secondary N) is 2. The second kappa shape index (κ2) is 11.7. The fraction of sp³-hybridized carbons (Fsp3) is 0.583. The van der Waals surface area contributed by atoms with Crippen molar-refractivity contribution >= 4 is 52.9 Å². The van der Waals surface area contributed by atoms with Gasteiger partial charge >= 0.3 is 0 Å². The number of ether oxygens (including phenoxy) is 1. The lowest BCUT2D eigenvalue weighted by molar-refractivity contribution is 0.152. The van der Waals surface area contributed by atoms with Gasteiger partial charge in [0, 0.05) is 31.6 Å². The summed E-state index contributed by atoms with van der Waals surface area (Å²) in [6, 6.07) is 3.98. The Morgan fingerprint density at radius 3 is 2.68 bits per heavy atom. The Hall–Kier alpha value is -0.0500. The van der Waals surface area contributed by atoms with E-state index in [2.05, 4.69) is 21.7 Å². The van der Waals surface area contributed by atoms with E-state index in [1.165, 1.54) is 4.88 Å². The minimum Gasteiger partial charge on any atom is -0.380 e. The topological polar surface area (TPSA) is 45.6 Å². The molecule has 0 aliphatic rings. The fourth-order valence-corrected chi connectivity index (χ4v) is 2.48. The van der Waals surface area contributed by atoms with Crippen molar-refractivity contribution in [2.24, 2.45) is 4.99 Å². The number of hydrogen-bond donors (Lipinski definition) is 2. The average Bonchev–Trinajstić information content (AvgIpc) is 2.78. The van der Waals surface area contributed by atoms with Crippen molar-refractivity contribution in [3.05, 3.63) is 21.3 Å². The van der Waals surface area contributed by atoms with E-state index in [4.69, 9.17) is 16.3 Å². The Morgan fingerprint density at radius 1 is 1.37 bits per heavy atom. The first-order valence-corrected chi connectivity index (χ1v) is 7.22. The molecule has 1 rings (SSSR count). The first-order chi connectivity index (χ1) is 8.76. The SMILES string of the molecule is CCOCCNC(=NC)NCCc1ccc(Cl)s1.I. The van der Waals surface area contributed by atoms with Crippen LogP contribution in [0.25, 0.3) is 0 Å². The second-order valence-electron chi connectivity index (χ2n) is 3.58. The summed E-state index contributed by atoms with van der Waals surface area (Å²) in [5, 5.41) is 6.44. The van der Waals surface area contributed by atoms with Crippen molar-refractivity contribution in [3.63, 3.8) is 0 Å². The smallest absolute Gasteiger partial charge is 0.191 e. The molecular formula is C12H21ClIN3OS. The molecule has 2 N–H and O–H groups in total. The zero-order chi connectivity index (χ0) is 13.2. The quantitative estimate of drug-likeness (QED) is 0.310. The number of rotatable bonds is 7. The average molecular weight is 418 g/mol. The van der Waals surface area contributed by atoms with Crippen molar-refractivity contribution in [2.45, 2.75) is 13.3 Å². The first kappa shape index (κ1) is 18.9. The molecule has 0 spiro atoms. The van der Waals surface area contributed by atoms with E-state index < -0.39 is 0 Å². The molecule has 0 radical (unpaired) electrons. The molecule has 1 aromatic rings. The molecule has 1 heterocycles. The highest BCUT2D eigenvalue weighted by molar-refractivity contribution is 14.0. The first-order valence-electron chi connectivity index (χ1n) is 6.02. The van der Waals surface area contributed by atoms with Gasteiger partial charge < -0.3 is 15.4 Å². The Bertz CT molecular complexity index is 374. The predicted octanol–water partition coefficient (Wildman–Crippen LogP) is 2.76. The molecule has 0 saturated carbocycles. The van der Waals surface area contributed by atoms with Gasteiger partial charge in [0.1, 0.15) is 0 Å². The Morgan fingerprint density at radius 2 is 2.11 bits per heavy atom. The van der Waals surface area contributed by atoms with Gasteiger partial charge in [0.25, 0.3) is 0 Å². The lowest BCUT2D eigenvalue weighted by Crippen LogP contribution is -2.39. The third-order valence-corrected chi connectivity index (χ3v) is 3.55. The molecule has 0 amide bonds. The summed E-state index contributed by atoms with van der Waals surface area (Å²) in [4.78, 5) is 5.41. The third-order valence-electron chi connectivity index (χ3n) is 2.26. The summed E-state index contributed by atoms with van der Waals surface area (Å²) in [5.41, 5.74) is 0. The highest BCUT2D eigenvalue weighted by Crippen LogP contribution is 2.21. The third kappa shape index (κ3) is 8.67. The van der Waals surface area contributed by atoms with Crippen molar-refractivity contribution in [1.29, 1.82) is 0 Å². The van der Waals surface area contributed by atoms with Gasteiger partial charge in [-0.05, 0) is 25.5 Å². The number of hydrogen-bond acceptors (Lipinski definition) is 3. The molecule has 0 unspecified atom stereocenters. The molecular weight excluding hydrogens is 397 g/mol. The predicted molar refractivity (Wildman–Crippen MR) is 94.3 cm³/mol. The summed E-state index contributed by atoms with van der Waals surface area (Å²) >= 11 is 7.49. The van der Waals surface area contributed by atoms with Crippen LogP contribution in [0.3, 0.4) is 0 Å². The molecule has 0 saturated heterocycles. The van der Waals surface area contributed by atoms with E-state index in [0.717, 1.165) is 36.4 Å². The van der Waals surface area contributed by atoms with E-state index in [0.29, 0.717) is 6.61 Å². The van der Waals surface area contributed by atoms with Crippen LogP contribution in [0.5, 0.6) is 0 Å². The molecule has 0 aliphatic carbocycles. The van der Waals surface area contributed by atoms with Crippen LogP contribution in [-0.2, 0) is 11.2 Å². The fourth-order valence-electron chi connectivity index (χ4n) is 1.40. The van der Waals surface area contributed by atoms with Crippen LogP contribution >= 0.6 is 46.9 Å². The lowest BCUT2D eigenvalue weighted by Gasteiger charge is -2.11. The standard InChI is InChI=1S/C12H20ClN3OS.HI/c1-3-17-9-8-16-12(14-2)15-7-6-10-4-5-11(13)18-10;/h4-5H,3,6-9H2,1-2H3,(H2,14,15,16);1H. The van der Waals surface area contributed by atoms with E-state index in [1.54, 1.807) is 18.4 Å². The Balaban J connectivity index is 0.00000324. The van der Waals surface area contributed by atoms with E-state index in [-0.39, 0.29) is 24.0 Å². The molecule has 0 atom stereocenters. The van der Waals surface area contributed by atoms with Gasteiger partial charge in [-0.25, -0.2) is 0 Å². The number of nitrogens with zero attached hydrogens (tertiary/aromatic N) is 1. The molecule has 0 bridgehead atoms. The van der Waals surface area contributed by atoms with Crippen molar-refractivity contribution in [3.8, 4) is 0 Å². The highest BCUT2D eigenvalue weighted by Gasteiger charge is 1.99. The summed E-state index contributed by atoms with van der Waals surface area (Å²) < 4.78 is 6.08. The summed E-state index contributed by atoms with van der Waals surface area (Å²) in [6.07, 6.45) is 0.948. The molecule has 0 aliphatic heterocycles. The van der Waals surface area contributed by atoms with Crippen LogP contribution in [0, 0.1) is 0 Å². The van der Waals surface area contributed by atoms with Gasteiger partial charge in [0.05, 0.1) is 10.9 Å². The Kier molecular flexibility index (Phi) is 11.7. The molecule has 4 nitrogen and oxygen atoms in total. The van der Waals surface area contributed by atoms with Crippen LogP contribution < -0.4 is 10.6 Å². The zero-order valence-electron chi connectivity index (χ0n) is 11.2. The normalized spacial score (nSPS) is 11.0. The Labute approximate surface area is 141 Å². The summed E-state index contributed by atoms with van der Waals surface area (Å²) in [7, 11) is 1.76. The maximum atomic E-state index is 5.88. The maximum absolute atomic E-state index is 5.88. The zero-order valence-corrected chi connectivity index (χ0v) is 15.1. The van der Waals surface area contributed by atoms with Gasteiger partial charge in [-0.2, -0.15) is 0 Å². The minimum atomic E-state index is 0. The molecule has 19 heavy (non-hydrogen) atoms.